The first-order valence-corrected chi connectivity index (χ1v) is 7.27. The molecule has 102 valence electrons. The number of anilines is 2. The normalized spacial score (nSPS) is 11.5. The van der Waals surface area contributed by atoms with Crippen LogP contribution in [0, 0.1) is 13.8 Å². The van der Waals surface area contributed by atoms with Gasteiger partial charge in [0.15, 0.2) is 0 Å². The van der Waals surface area contributed by atoms with Crippen molar-refractivity contribution in [1.82, 2.24) is 10.2 Å². The van der Waals surface area contributed by atoms with Crippen LogP contribution in [0.4, 0.5) is 11.4 Å². The van der Waals surface area contributed by atoms with Crippen molar-refractivity contribution < 1.29 is 8.42 Å². The van der Waals surface area contributed by atoms with Gasteiger partial charge in [-0.25, -0.2) is 8.42 Å². The minimum Gasteiger partial charge on any atom is -0.397 e. The number of aromatic nitrogens is 2. The van der Waals surface area contributed by atoms with Crippen LogP contribution in [0.25, 0.3) is 0 Å². The van der Waals surface area contributed by atoms with Crippen molar-refractivity contribution in [2.24, 2.45) is 0 Å². The molecule has 6 nitrogen and oxygen atoms in total. The molecule has 2 rings (SSSR count). The first-order valence-electron chi connectivity index (χ1n) is 5.40. The molecule has 19 heavy (non-hydrogen) atoms. The Morgan fingerprint density at radius 1 is 1.37 bits per heavy atom. The summed E-state index contributed by atoms with van der Waals surface area (Å²) in [6.45, 7) is 3.44. The highest BCUT2D eigenvalue weighted by Gasteiger charge is 2.18. The lowest BCUT2D eigenvalue weighted by molar-refractivity contribution is 0.601. The SMILES string of the molecule is Cc1n[nH]c(C)c1NS(=O)(=O)c1ccc(Cl)c(N)c1. The van der Waals surface area contributed by atoms with Gasteiger partial charge in [-0.15, -0.1) is 0 Å². The summed E-state index contributed by atoms with van der Waals surface area (Å²) in [5.74, 6) is 0. The molecule has 1 heterocycles. The van der Waals surface area contributed by atoms with E-state index < -0.39 is 10.0 Å². The zero-order chi connectivity index (χ0) is 14.2. The van der Waals surface area contributed by atoms with E-state index in [1.54, 1.807) is 13.8 Å². The molecule has 8 heteroatoms. The number of hydrogen-bond acceptors (Lipinski definition) is 4. The van der Waals surface area contributed by atoms with E-state index in [9.17, 15) is 8.42 Å². The van der Waals surface area contributed by atoms with Gasteiger partial charge in [0.2, 0.25) is 0 Å². The van der Waals surface area contributed by atoms with E-state index in [0.29, 0.717) is 22.1 Å². The summed E-state index contributed by atoms with van der Waals surface area (Å²) in [5, 5.41) is 6.95. The summed E-state index contributed by atoms with van der Waals surface area (Å²) < 4.78 is 26.9. The number of hydrogen-bond donors (Lipinski definition) is 3. The molecule has 4 N–H and O–H groups in total. The molecule has 0 spiro atoms. The van der Waals surface area contributed by atoms with Crippen LogP contribution in [0.5, 0.6) is 0 Å². The number of aryl methyl sites for hydroxylation is 2. The van der Waals surface area contributed by atoms with Crippen LogP contribution in [0.1, 0.15) is 11.4 Å². The minimum absolute atomic E-state index is 0.0504. The fourth-order valence-electron chi connectivity index (χ4n) is 1.58. The summed E-state index contributed by atoms with van der Waals surface area (Å²) in [6.07, 6.45) is 0. The van der Waals surface area contributed by atoms with Crippen molar-refractivity contribution in [2.75, 3.05) is 10.5 Å². The van der Waals surface area contributed by atoms with Gasteiger partial charge in [0.05, 0.1) is 32.7 Å². The van der Waals surface area contributed by atoms with Crippen LogP contribution in [0.15, 0.2) is 23.1 Å². The summed E-state index contributed by atoms with van der Waals surface area (Å²) in [6, 6.07) is 4.15. The molecular formula is C11H13ClN4O2S. The fraction of sp³-hybridized carbons (Fsp3) is 0.182. The average Bonchev–Trinajstić information content (AvgIpc) is 2.64. The van der Waals surface area contributed by atoms with Crippen LogP contribution >= 0.6 is 11.6 Å². The van der Waals surface area contributed by atoms with Crippen LogP contribution in [0.2, 0.25) is 5.02 Å². The standard InChI is InChI=1S/C11H13ClN4O2S/c1-6-11(7(2)15-14-6)16-19(17,18)8-3-4-9(12)10(13)5-8/h3-5,16H,13H2,1-2H3,(H,14,15). The van der Waals surface area contributed by atoms with Crippen LogP contribution in [0.3, 0.4) is 0 Å². The van der Waals surface area contributed by atoms with Crippen molar-refractivity contribution in [3.63, 3.8) is 0 Å². The van der Waals surface area contributed by atoms with E-state index in [0.717, 1.165) is 0 Å². The molecule has 0 aliphatic carbocycles. The third-order valence-corrected chi connectivity index (χ3v) is 4.33. The molecule has 0 saturated carbocycles. The molecule has 2 aromatic rings. The summed E-state index contributed by atoms with van der Waals surface area (Å²) in [7, 11) is -3.72. The Balaban J connectivity index is 2.41. The number of H-pyrrole nitrogens is 1. The largest absolute Gasteiger partial charge is 0.397 e. The van der Waals surface area contributed by atoms with Crippen LogP contribution in [-0.4, -0.2) is 18.6 Å². The third-order valence-electron chi connectivity index (χ3n) is 2.64. The molecule has 0 amide bonds. The monoisotopic (exact) mass is 300 g/mol. The van der Waals surface area contributed by atoms with Gasteiger partial charge in [-0.05, 0) is 32.0 Å². The van der Waals surface area contributed by atoms with Crippen molar-refractivity contribution in [3.05, 3.63) is 34.6 Å². The maximum atomic E-state index is 12.2. The predicted octanol–water partition coefficient (Wildman–Crippen LogP) is 2.06. The second-order valence-corrected chi connectivity index (χ2v) is 6.19. The molecule has 0 atom stereocenters. The highest BCUT2D eigenvalue weighted by molar-refractivity contribution is 7.92. The van der Waals surface area contributed by atoms with Gasteiger partial charge in [0, 0.05) is 0 Å². The van der Waals surface area contributed by atoms with Crippen LogP contribution in [-0.2, 0) is 10.0 Å². The molecule has 0 unspecified atom stereocenters. The van der Waals surface area contributed by atoms with Crippen molar-refractivity contribution >= 4 is 33.0 Å². The number of benzene rings is 1. The smallest absolute Gasteiger partial charge is 0.262 e. The third kappa shape index (κ3) is 2.66. The Morgan fingerprint density at radius 2 is 2.05 bits per heavy atom. The molecule has 0 fully saturated rings. The van der Waals surface area contributed by atoms with Crippen LogP contribution < -0.4 is 10.5 Å². The Morgan fingerprint density at radius 3 is 2.58 bits per heavy atom. The second kappa shape index (κ2) is 4.75. The Kier molecular flexibility index (Phi) is 3.42. The molecule has 0 radical (unpaired) electrons. The first-order chi connectivity index (χ1) is 8.81. The van der Waals surface area contributed by atoms with Gasteiger partial charge in [-0.3, -0.25) is 9.82 Å². The highest BCUT2D eigenvalue weighted by atomic mass is 35.5. The maximum Gasteiger partial charge on any atom is 0.262 e. The number of sulfonamides is 1. The van der Waals surface area contributed by atoms with E-state index in [2.05, 4.69) is 14.9 Å². The van der Waals surface area contributed by atoms with Gasteiger partial charge in [-0.1, -0.05) is 11.6 Å². The molecule has 0 bridgehead atoms. The number of halogens is 1. The number of nitrogen functional groups attached to an aromatic ring is 1. The zero-order valence-corrected chi connectivity index (χ0v) is 11.9. The fourth-order valence-corrected chi connectivity index (χ4v) is 2.92. The number of nitrogens with two attached hydrogens (primary N) is 1. The highest BCUT2D eigenvalue weighted by Crippen LogP contribution is 2.25. The Hall–Kier alpha value is -1.73. The molecule has 1 aromatic carbocycles. The van der Waals surface area contributed by atoms with E-state index in [-0.39, 0.29) is 10.6 Å². The van der Waals surface area contributed by atoms with E-state index in [1.807, 2.05) is 0 Å². The summed E-state index contributed by atoms with van der Waals surface area (Å²) >= 11 is 5.77. The first kappa shape index (κ1) is 13.7. The molecule has 1 aromatic heterocycles. The second-order valence-electron chi connectivity index (χ2n) is 4.10. The number of nitrogens with zero attached hydrogens (tertiary/aromatic N) is 1. The number of aromatic amines is 1. The van der Waals surface area contributed by atoms with E-state index >= 15 is 0 Å². The average molecular weight is 301 g/mol. The number of nitrogens with one attached hydrogen (secondary N) is 2. The van der Waals surface area contributed by atoms with Gasteiger partial charge in [0.1, 0.15) is 0 Å². The predicted molar refractivity (Wildman–Crippen MR) is 74.7 cm³/mol. The van der Waals surface area contributed by atoms with Crippen molar-refractivity contribution in [2.45, 2.75) is 18.7 Å². The van der Waals surface area contributed by atoms with E-state index in [1.165, 1.54) is 18.2 Å². The van der Waals surface area contributed by atoms with E-state index in [4.69, 9.17) is 17.3 Å². The molecule has 0 saturated heterocycles. The lowest BCUT2D eigenvalue weighted by atomic mass is 10.3. The quantitative estimate of drug-likeness (QED) is 0.755. The topological polar surface area (TPSA) is 101 Å². The minimum atomic E-state index is -3.72. The summed E-state index contributed by atoms with van der Waals surface area (Å²) in [5.41, 5.74) is 7.47. The maximum absolute atomic E-state index is 12.2. The Bertz CT molecular complexity index is 705. The molecular weight excluding hydrogens is 288 g/mol. The lowest BCUT2D eigenvalue weighted by Crippen LogP contribution is -2.14. The molecule has 0 aliphatic rings. The van der Waals surface area contributed by atoms with Gasteiger partial charge in [0.25, 0.3) is 10.0 Å². The van der Waals surface area contributed by atoms with Crippen molar-refractivity contribution in [1.29, 1.82) is 0 Å². The zero-order valence-electron chi connectivity index (χ0n) is 10.4. The summed E-state index contributed by atoms with van der Waals surface area (Å²) in [4.78, 5) is 0.0504. The Labute approximate surface area is 116 Å². The van der Waals surface area contributed by atoms with Gasteiger partial charge in [-0.2, -0.15) is 5.10 Å². The van der Waals surface area contributed by atoms with Gasteiger partial charge >= 0.3 is 0 Å². The lowest BCUT2D eigenvalue weighted by Gasteiger charge is -2.09. The number of rotatable bonds is 3. The molecule has 0 aliphatic heterocycles. The van der Waals surface area contributed by atoms with Gasteiger partial charge < -0.3 is 5.73 Å². The van der Waals surface area contributed by atoms with Crippen molar-refractivity contribution in [3.8, 4) is 0 Å².